The van der Waals surface area contributed by atoms with E-state index in [1.807, 2.05) is 50.2 Å². The minimum atomic E-state index is -0.379. The molecule has 174 valence electrons. The number of halogens is 1. The van der Waals surface area contributed by atoms with Crippen molar-refractivity contribution in [1.82, 2.24) is 10.3 Å². The highest BCUT2D eigenvalue weighted by Gasteiger charge is 2.15. The highest BCUT2D eigenvalue weighted by Crippen LogP contribution is 2.36. The van der Waals surface area contributed by atoms with E-state index in [4.69, 9.17) is 38.3 Å². The first-order valence-electron chi connectivity index (χ1n) is 10.6. The normalized spacial score (nSPS) is 10.7. The number of carbonyl (C=O) groups is 1. The first-order chi connectivity index (χ1) is 16.5. The molecule has 1 amide bonds. The zero-order valence-electron chi connectivity index (χ0n) is 18.6. The third-order valence-corrected chi connectivity index (χ3v) is 6.25. The number of hydrogen-bond acceptors (Lipinski definition) is 6. The summed E-state index contributed by atoms with van der Waals surface area (Å²) in [5.41, 5.74) is 2.76. The molecule has 0 saturated carbocycles. The highest BCUT2D eigenvalue weighted by molar-refractivity contribution is 7.80. The first kappa shape index (κ1) is 23.9. The topological polar surface area (TPSA) is 72.5 Å². The maximum Gasteiger partial charge on any atom is 0.257 e. The lowest BCUT2D eigenvalue weighted by Gasteiger charge is -2.14. The Kier molecular flexibility index (Phi) is 7.62. The van der Waals surface area contributed by atoms with Crippen LogP contribution in [-0.4, -0.2) is 29.2 Å². The molecule has 0 spiro atoms. The molecule has 2 N–H and O–H groups in total. The van der Waals surface area contributed by atoms with E-state index in [-0.39, 0.29) is 11.0 Å². The number of hydrogen-bond donors (Lipinski definition) is 2. The predicted octanol–water partition coefficient (Wildman–Crippen LogP) is 6.54. The predicted molar refractivity (Wildman–Crippen MR) is 143 cm³/mol. The minimum absolute atomic E-state index is 0.148. The molecule has 3 aromatic carbocycles. The van der Waals surface area contributed by atoms with Gasteiger partial charge in [-0.3, -0.25) is 10.1 Å². The number of thiazole rings is 1. The van der Waals surface area contributed by atoms with Gasteiger partial charge in [0.1, 0.15) is 16.5 Å². The summed E-state index contributed by atoms with van der Waals surface area (Å²) in [5.74, 6) is 0.720. The van der Waals surface area contributed by atoms with Crippen LogP contribution >= 0.6 is 35.2 Å². The molecule has 0 radical (unpaired) electrons. The fraction of sp³-hybridized carbons (Fsp3) is 0.160. The number of thiocarbonyl (C=S) groups is 1. The zero-order chi connectivity index (χ0) is 24.1. The van der Waals surface area contributed by atoms with Crippen LogP contribution in [0.15, 0.2) is 60.7 Å². The largest absolute Gasteiger partial charge is 0.494 e. The van der Waals surface area contributed by atoms with Crippen LogP contribution in [0.2, 0.25) is 5.02 Å². The molecule has 0 unspecified atom stereocenters. The minimum Gasteiger partial charge on any atom is -0.494 e. The van der Waals surface area contributed by atoms with Gasteiger partial charge >= 0.3 is 0 Å². The number of rotatable bonds is 7. The Hall–Kier alpha value is -3.20. The van der Waals surface area contributed by atoms with Gasteiger partial charge < -0.3 is 14.8 Å². The molecule has 9 heteroatoms. The summed E-state index contributed by atoms with van der Waals surface area (Å²) < 4.78 is 12.2. The van der Waals surface area contributed by atoms with Crippen molar-refractivity contribution in [2.45, 2.75) is 13.8 Å². The summed E-state index contributed by atoms with van der Waals surface area (Å²) in [7, 11) is 0. The molecular formula is C25H22ClN3O3S2. The molecule has 6 nitrogen and oxygen atoms in total. The van der Waals surface area contributed by atoms with E-state index >= 15 is 0 Å². The Bertz CT molecular complexity index is 1300. The quantitative estimate of drug-likeness (QED) is 0.274. The summed E-state index contributed by atoms with van der Waals surface area (Å²) in [6.07, 6.45) is 0. The smallest absolute Gasteiger partial charge is 0.257 e. The molecule has 0 saturated heterocycles. The molecule has 0 aliphatic heterocycles. The fourth-order valence-electron chi connectivity index (χ4n) is 3.32. The van der Waals surface area contributed by atoms with Crippen LogP contribution in [0.4, 0.5) is 5.69 Å². The van der Waals surface area contributed by atoms with Gasteiger partial charge in [-0.25, -0.2) is 4.98 Å². The van der Waals surface area contributed by atoms with Crippen molar-refractivity contribution in [2.75, 3.05) is 18.5 Å². The molecule has 1 heterocycles. The molecule has 0 aliphatic carbocycles. The van der Waals surface area contributed by atoms with Crippen LogP contribution in [0.3, 0.4) is 0 Å². The van der Waals surface area contributed by atoms with Gasteiger partial charge in [-0.05, 0) is 68.5 Å². The van der Waals surface area contributed by atoms with E-state index in [2.05, 4.69) is 10.6 Å². The number of amides is 1. The van der Waals surface area contributed by atoms with Crippen molar-refractivity contribution >= 4 is 62.1 Å². The third kappa shape index (κ3) is 5.64. The lowest BCUT2D eigenvalue weighted by atomic mass is 10.2. The maximum absolute atomic E-state index is 12.9. The van der Waals surface area contributed by atoms with Crippen molar-refractivity contribution in [1.29, 1.82) is 0 Å². The number of benzene rings is 3. The van der Waals surface area contributed by atoms with E-state index in [1.165, 1.54) is 0 Å². The molecule has 34 heavy (non-hydrogen) atoms. The van der Waals surface area contributed by atoms with Crippen molar-refractivity contribution in [3.05, 3.63) is 71.2 Å². The van der Waals surface area contributed by atoms with Gasteiger partial charge in [0.05, 0.1) is 29.1 Å². The second-order valence-corrected chi connectivity index (χ2v) is 9.02. The van der Waals surface area contributed by atoms with Crippen LogP contribution in [0.25, 0.3) is 20.8 Å². The number of nitrogens with zero attached hydrogens (tertiary/aromatic N) is 1. The Labute approximate surface area is 211 Å². The Morgan fingerprint density at radius 2 is 1.74 bits per heavy atom. The standard InChI is InChI=1S/C25H22ClN3O3S2/c1-3-31-17-11-15(12-18(14-17)32-4-2)23(30)29-25(33)28-20-10-9-16(26)13-19(20)24-27-21-7-5-6-8-22(21)34-24/h5-14H,3-4H2,1-2H3,(H2,28,29,30,33). The molecule has 4 aromatic rings. The monoisotopic (exact) mass is 511 g/mol. The molecule has 1 aromatic heterocycles. The highest BCUT2D eigenvalue weighted by atomic mass is 35.5. The molecule has 0 atom stereocenters. The van der Waals surface area contributed by atoms with Crippen LogP contribution in [0.5, 0.6) is 11.5 Å². The van der Waals surface area contributed by atoms with E-state index in [0.717, 1.165) is 20.8 Å². The number of anilines is 1. The van der Waals surface area contributed by atoms with Crippen molar-refractivity contribution in [3.63, 3.8) is 0 Å². The number of aromatic nitrogens is 1. The Morgan fingerprint density at radius 3 is 2.41 bits per heavy atom. The lowest BCUT2D eigenvalue weighted by molar-refractivity contribution is 0.0976. The second kappa shape index (κ2) is 10.8. The number of ether oxygens (including phenoxy) is 2. The number of carbonyl (C=O) groups excluding carboxylic acids is 1. The van der Waals surface area contributed by atoms with E-state index in [0.29, 0.717) is 41.0 Å². The van der Waals surface area contributed by atoms with Gasteiger partial charge in [-0.2, -0.15) is 0 Å². The zero-order valence-corrected chi connectivity index (χ0v) is 20.9. The van der Waals surface area contributed by atoms with Gasteiger partial charge in [0.2, 0.25) is 0 Å². The third-order valence-electron chi connectivity index (χ3n) is 4.75. The van der Waals surface area contributed by atoms with Crippen LogP contribution in [0.1, 0.15) is 24.2 Å². The Balaban J connectivity index is 1.55. The van der Waals surface area contributed by atoms with Gasteiger partial charge in [-0.15, -0.1) is 11.3 Å². The lowest BCUT2D eigenvalue weighted by Crippen LogP contribution is -2.34. The molecule has 4 rings (SSSR count). The van der Waals surface area contributed by atoms with E-state index < -0.39 is 0 Å². The summed E-state index contributed by atoms with van der Waals surface area (Å²) in [4.78, 5) is 17.6. The van der Waals surface area contributed by atoms with E-state index in [9.17, 15) is 4.79 Å². The van der Waals surface area contributed by atoms with Crippen LogP contribution in [0, 0.1) is 0 Å². The average molecular weight is 512 g/mol. The molecule has 0 bridgehead atoms. The van der Waals surface area contributed by atoms with Gasteiger partial charge in [0.25, 0.3) is 5.91 Å². The van der Waals surface area contributed by atoms with E-state index in [1.54, 1.807) is 35.6 Å². The Morgan fingerprint density at radius 1 is 1.03 bits per heavy atom. The summed E-state index contributed by atoms with van der Waals surface area (Å²) in [5, 5.41) is 7.35. The first-order valence-corrected chi connectivity index (χ1v) is 12.3. The number of para-hydroxylation sites is 1. The van der Waals surface area contributed by atoms with Crippen molar-refractivity contribution in [3.8, 4) is 22.1 Å². The van der Waals surface area contributed by atoms with Crippen molar-refractivity contribution < 1.29 is 14.3 Å². The maximum atomic E-state index is 12.9. The van der Waals surface area contributed by atoms with Crippen LogP contribution in [-0.2, 0) is 0 Å². The number of nitrogens with one attached hydrogen (secondary N) is 2. The molecular weight excluding hydrogens is 490 g/mol. The second-order valence-electron chi connectivity index (χ2n) is 7.14. The van der Waals surface area contributed by atoms with Crippen molar-refractivity contribution in [2.24, 2.45) is 0 Å². The molecule has 0 fully saturated rings. The van der Waals surface area contributed by atoms with Gasteiger partial charge in [-0.1, -0.05) is 23.7 Å². The summed E-state index contributed by atoms with van der Waals surface area (Å²) in [6, 6.07) is 18.4. The average Bonchev–Trinajstić information content (AvgIpc) is 3.24. The SMILES string of the molecule is CCOc1cc(OCC)cc(C(=O)NC(=S)Nc2ccc(Cl)cc2-c2nc3ccccc3s2)c1. The summed E-state index contributed by atoms with van der Waals surface area (Å²) >= 11 is 13.3. The summed E-state index contributed by atoms with van der Waals surface area (Å²) in [6.45, 7) is 4.70. The van der Waals surface area contributed by atoms with Gasteiger partial charge in [0.15, 0.2) is 5.11 Å². The fourth-order valence-corrected chi connectivity index (χ4v) is 4.69. The van der Waals surface area contributed by atoms with Crippen LogP contribution < -0.4 is 20.1 Å². The van der Waals surface area contributed by atoms with Gasteiger partial charge in [0, 0.05) is 22.2 Å². The number of fused-ring (bicyclic) bond motifs is 1. The molecule has 0 aliphatic rings.